The van der Waals surface area contributed by atoms with Gasteiger partial charge in [0.1, 0.15) is 11.5 Å². The fraction of sp³-hybridized carbons (Fsp3) is 0. The summed E-state index contributed by atoms with van der Waals surface area (Å²) in [7, 11) is 0. The molecule has 5 heteroatoms. The van der Waals surface area contributed by atoms with E-state index in [0.29, 0.717) is 11.5 Å². The molecule has 17 heavy (non-hydrogen) atoms. The van der Waals surface area contributed by atoms with Crippen LogP contribution in [0.5, 0.6) is 0 Å². The lowest BCUT2D eigenvalue weighted by Crippen LogP contribution is -2.13. The van der Waals surface area contributed by atoms with Gasteiger partial charge in [-0.25, -0.2) is 4.98 Å². The molecule has 0 saturated heterocycles. The predicted octanol–water partition coefficient (Wildman–Crippen LogP) is 1.51. The van der Waals surface area contributed by atoms with Gasteiger partial charge in [0.15, 0.2) is 0 Å². The number of anilines is 3. The summed E-state index contributed by atoms with van der Waals surface area (Å²) in [4.78, 5) is 15.0. The Balaban J connectivity index is 2.21. The number of primary amides is 1. The SMILES string of the molecule is NC(=O)c1cccc(Nc2ccc(N)cc2)n1. The minimum atomic E-state index is -0.550. The normalized spacial score (nSPS) is 9.88. The Labute approximate surface area is 98.5 Å². The summed E-state index contributed by atoms with van der Waals surface area (Å²) >= 11 is 0. The number of amides is 1. The number of carbonyl (C=O) groups is 1. The van der Waals surface area contributed by atoms with E-state index in [4.69, 9.17) is 11.5 Å². The number of aromatic nitrogens is 1. The summed E-state index contributed by atoms with van der Waals surface area (Å²) in [6.07, 6.45) is 0. The number of nitrogens with two attached hydrogens (primary N) is 2. The van der Waals surface area contributed by atoms with E-state index in [0.717, 1.165) is 5.69 Å². The number of nitrogens with zero attached hydrogens (tertiary/aromatic N) is 1. The monoisotopic (exact) mass is 228 g/mol. The fourth-order valence-electron chi connectivity index (χ4n) is 1.36. The van der Waals surface area contributed by atoms with E-state index in [1.165, 1.54) is 0 Å². The van der Waals surface area contributed by atoms with E-state index in [1.54, 1.807) is 30.3 Å². The van der Waals surface area contributed by atoms with Gasteiger partial charge in [-0.05, 0) is 36.4 Å². The van der Waals surface area contributed by atoms with Crippen molar-refractivity contribution < 1.29 is 4.79 Å². The van der Waals surface area contributed by atoms with Gasteiger partial charge in [-0.1, -0.05) is 6.07 Å². The van der Waals surface area contributed by atoms with Crippen molar-refractivity contribution in [2.24, 2.45) is 5.73 Å². The second-order valence-corrected chi connectivity index (χ2v) is 3.52. The number of rotatable bonds is 3. The molecule has 0 aliphatic heterocycles. The van der Waals surface area contributed by atoms with E-state index in [9.17, 15) is 4.79 Å². The van der Waals surface area contributed by atoms with Gasteiger partial charge < -0.3 is 16.8 Å². The molecule has 2 aromatic rings. The number of pyridine rings is 1. The third-order valence-corrected chi connectivity index (χ3v) is 2.18. The number of hydrogen-bond acceptors (Lipinski definition) is 4. The Hall–Kier alpha value is -2.56. The van der Waals surface area contributed by atoms with E-state index in [2.05, 4.69) is 10.3 Å². The Morgan fingerprint density at radius 3 is 2.47 bits per heavy atom. The van der Waals surface area contributed by atoms with E-state index in [-0.39, 0.29) is 5.69 Å². The lowest BCUT2D eigenvalue weighted by Gasteiger charge is -2.06. The molecular formula is C12H12N4O. The first-order valence-corrected chi connectivity index (χ1v) is 5.04. The molecule has 0 spiro atoms. The van der Waals surface area contributed by atoms with Crippen molar-refractivity contribution in [3.8, 4) is 0 Å². The maximum atomic E-state index is 11.0. The highest BCUT2D eigenvalue weighted by molar-refractivity contribution is 5.91. The minimum Gasteiger partial charge on any atom is -0.399 e. The Morgan fingerprint density at radius 1 is 1.12 bits per heavy atom. The van der Waals surface area contributed by atoms with Gasteiger partial charge in [0.2, 0.25) is 0 Å². The summed E-state index contributed by atoms with van der Waals surface area (Å²) in [5.41, 5.74) is 12.5. The summed E-state index contributed by atoms with van der Waals surface area (Å²) in [5, 5.41) is 3.05. The Morgan fingerprint density at radius 2 is 1.82 bits per heavy atom. The molecule has 5 N–H and O–H groups in total. The van der Waals surface area contributed by atoms with Crippen LogP contribution < -0.4 is 16.8 Å². The fourth-order valence-corrected chi connectivity index (χ4v) is 1.36. The minimum absolute atomic E-state index is 0.227. The van der Waals surface area contributed by atoms with Crippen LogP contribution in [0.4, 0.5) is 17.2 Å². The smallest absolute Gasteiger partial charge is 0.267 e. The van der Waals surface area contributed by atoms with Crippen LogP contribution in [-0.4, -0.2) is 10.9 Å². The molecule has 1 aromatic heterocycles. The van der Waals surface area contributed by atoms with Crippen LogP contribution in [0.1, 0.15) is 10.5 Å². The van der Waals surface area contributed by atoms with Crippen molar-refractivity contribution in [2.45, 2.75) is 0 Å². The molecule has 1 aromatic carbocycles. The molecule has 86 valence electrons. The first kappa shape index (κ1) is 10.9. The van der Waals surface area contributed by atoms with Crippen LogP contribution in [0, 0.1) is 0 Å². The molecule has 0 atom stereocenters. The van der Waals surface area contributed by atoms with Crippen LogP contribution >= 0.6 is 0 Å². The van der Waals surface area contributed by atoms with Gasteiger partial charge in [0.05, 0.1) is 0 Å². The first-order chi connectivity index (χ1) is 8.15. The first-order valence-electron chi connectivity index (χ1n) is 5.04. The van der Waals surface area contributed by atoms with Gasteiger partial charge in [0.25, 0.3) is 5.91 Å². The molecule has 2 rings (SSSR count). The number of carbonyl (C=O) groups excluding carboxylic acids is 1. The molecule has 5 nitrogen and oxygen atoms in total. The summed E-state index contributed by atoms with van der Waals surface area (Å²) in [6.45, 7) is 0. The van der Waals surface area contributed by atoms with Gasteiger partial charge in [0, 0.05) is 11.4 Å². The second kappa shape index (κ2) is 4.52. The van der Waals surface area contributed by atoms with E-state index in [1.807, 2.05) is 12.1 Å². The summed E-state index contributed by atoms with van der Waals surface area (Å²) in [6, 6.07) is 12.2. The lowest BCUT2D eigenvalue weighted by molar-refractivity contribution is 0.0995. The quantitative estimate of drug-likeness (QED) is 0.694. The zero-order chi connectivity index (χ0) is 12.3. The van der Waals surface area contributed by atoms with E-state index < -0.39 is 5.91 Å². The van der Waals surface area contributed by atoms with E-state index >= 15 is 0 Å². The third kappa shape index (κ3) is 2.72. The van der Waals surface area contributed by atoms with Gasteiger partial charge in [-0.3, -0.25) is 4.79 Å². The average molecular weight is 228 g/mol. The second-order valence-electron chi connectivity index (χ2n) is 3.52. The average Bonchev–Trinajstić information content (AvgIpc) is 2.32. The largest absolute Gasteiger partial charge is 0.399 e. The predicted molar refractivity (Wildman–Crippen MR) is 66.9 cm³/mol. The molecule has 0 aliphatic rings. The van der Waals surface area contributed by atoms with Crippen LogP contribution in [0.25, 0.3) is 0 Å². The summed E-state index contributed by atoms with van der Waals surface area (Å²) < 4.78 is 0. The highest BCUT2D eigenvalue weighted by Gasteiger charge is 2.03. The molecule has 0 unspecified atom stereocenters. The molecule has 0 saturated carbocycles. The van der Waals surface area contributed by atoms with Gasteiger partial charge in [-0.15, -0.1) is 0 Å². The van der Waals surface area contributed by atoms with Crippen molar-refractivity contribution in [3.63, 3.8) is 0 Å². The Bertz CT molecular complexity index is 536. The zero-order valence-electron chi connectivity index (χ0n) is 9.05. The van der Waals surface area contributed by atoms with Crippen molar-refractivity contribution in [1.29, 1.82) is 0 Å². The summed E-state index contributed by atoms with van der Waals surface area (Å²) in [5.74, 6) is 0.0111. The molecule has 1 amide bonds. The highest BCUT2D eigenvalue weighted by Crippen LogP contribution is 2.16. The Kier molecular flexibility index (Phi) is 2.91. The van der Waals surface area contributed by atoms with Crippen molar-refractivity contribution in [2.75, 3.05) is 11.1 Å². The molecule has 1 heterocycles. The van der Waals surface area contributed by atoms with Gasteiger partial charge in [-0.2, -0.15) is 0 Å². The molecule has 0 aliphatic carbocycles. The lowest BCUT2D eigenvalue weighted by atomic mass is 10.3. The third-order valence-electron chi connectivity index (χ3n) is 2.18. The van der Waals surface area contributed by atoms with Crippen molar-refractivity contribution in [3.05, 3.63) is 48.2 Å². The number of hydrogen-bond donors (Lipinski definition) is 3. The van der Waals surface area contributed by atoms with Crippen LogP contribution in [0.3, 0.4) is 0 Å². The number of nitrogen functional groups attached to an aromatic ring is 1. The molecular weight excluding hydrogens is 216 g/mol. The molecule has 0 fully saturated rings. The zero-order valence-corrected chi connectivity index (χ0v) is 9.05. The van der Waals surface area contributed by atoms with Crippen LogP contribution in [-0.2, 0) is 0 Å². The topological polar surface area (TPSA) is 94.0 Å². The van der Waals surface area contributed by atoms with Crippen LogP contribution in [0.2, 0.25) is 0 Å². The maximum Gasteiger partial charge on any atom is 0.267 e. The highest BCUT2D eigenvalue weighted by atomic mass is 16.1. The standard InChI is InChI=1S/C12H12N4O/c13-8-4-6-9(7-5-8)15-11-3-1-2-10(16-11)12(14)17/h1-7H,13H2,(H2,14,17)(H,15,16). The van der Waals surface area contributed by atoms with Crippen molar-refractivity contribution >= 4 is 23.1 Å². The number of nitrogens with one attached hydrogen (secondary N) is 1. The molecule has 0 bridgehead atoms. The number of benzene rings is 1. The van der Waals surface area contributed by atoms with Crippen molar-refractivity contribution in [1.82, 2.24) is 4.98 Å². The maximum absolute atomic E-state index is 11.0. The van der Waals surface area contributed by atoms with Gasteiger partial charge >= 0.3 is 0 Å². The van der Waals surface area contributed by atoms with Crippen LogP contribution in [0.15, 0.2) is 42.5 Å². The molecule has 0 radical (unpaired) electrons.